The molecule has 0 saturated carbocycles. The molecule has 0 saturated heterocycles. The van der Waals surface area contributed by atoms with E-state index < -0.39 is 0 Å². The fourth-order valence-electron chi connectivity index (χ4n) is 1.05. The summed E-state index contributed by atoms with van der Waals surface area (Å²) < 4.78 is 0. The molecule has 0 aliphatic heterocycles. The van der Waals surface area contributed by atoms with Crippen LogP contribution >= 0.6 is 0 Å². The van der Waals surface area contributed by atoms with Crippen LogP contribution in [-0.2, 0) is 0 Å². The number of rotatable bonds is 7. The summed E-state index contributed by atoms with van der Waals surface area (Å²) in [5.41, 5.74) is 0. The average Bonchev–Trinajstić information content (AvgIpc) is 2.14. The van der Waals surface area contributed by atoms with Gasteiger partial charge in [0, 0.05) is 19.8 Å². The van der Waals surface area contributed by atoms with Crippen LogP contribution in [0, 0.1) is 0 Å². The van der Waals surface area contributed by atoms with Crippen LogP contribution in [0.15, 0.2) is 17.3 Å². The van der Waals surface area contributed by atoms with E-state index in [1.807, 2.05) is 11.1 Å². The van der Waals surface area contributed by atoms with Crippen molar-refractivity contribution in [1.82, 2.24) is 4.90 Å². The lowest BCUT2D eigenvalue weighted by atomic mass is 10.2. The zero-order chi connectivity index (χ0) is 9.94. The Balaban J connectivity index is 3.73. The van der Waals surface area contributed by atoms with Crippen LogP contribution in [0.4, 0.5) is 0 Å². The second-order valence-corrected chi connectivity index (χ2v) is 2.89. The van der Waals surface area contributed by atoms with E-state index in [4.69, 9.17) is 5.11 Å². The largest absolute Gasteiger partial charge is 0.392 e. The topological polar surface area (TPSA) is 35.8 Å². The third kappa shape index (κ3) is 7.53. The third-order valence-corrected chi connectivity index (χ3v) is 1.69. The molecule has 0 spiro atoms. The van der Waals surface area contributed by atoms with Gasteiger partial charge in [-0.15, -0.1) is 0 Å². The molecule has 3 nitrogen and oxygen atoms in total. The van der Waals surface area contributed by atoms with Gasteiger partial charge in [0.05, 0.1) is 12.9 Å². The molecular weight excluding hydrogens is 164 g/mol. The predicted molar refractivity (Wildman–Crippen MR) is 56.9 cm³/mol. The lowest BCUT2D eigenvalue weighted by molar-refractivity contribution is 0.340. The van der Waals surface area contributed by atoms with Gasteiger partial charge in [0.25, 0.3) is 0 Å². The summed E-state index contributed by atoms with van der Waals surface area (Å²) in [5, 5.41) is 8.60. The van der Waals surface area contributed by atoms with Crippen LogP contribution in [-0.4, -0.2) is 36.5 Å². The zero-order valence-electron chi connectivity index (χ0n) is 8.61. The highest BCUT2D eigenvalue weighted by Crippen LogP contribution is 1.97. The van der Waals surface area contributed by atoms with E-state index in [0.29, 0.717) is 0 Å². The van der Waals surface area contributed by atoms with Crippen molar-refractivity contribution in [2.45, 2.75) is 26.2 Å². The zero-order valence-corrected chi connectivity index (χ0v) is 8.61. The summed E-state index contributed by atoms with van der Waals surface area (Å²) in [4.78, 5) is 5.93. The van der Waals surface area contributed by atoms with E-state index in [1.54, 1.807) is 19.5 Å². The van der Waals surface area contributed by atoms with Crippen LogP contribution in [0.5, 0.6) is 0 Å². The molecule has 76 valence electrons. The standard InChI is InChI=1S/C10H20N2O/c1-3-4-5-7-12(10-11-2)8-6-9-13/h6,8,10,13H,3-5,7,9H2,1-2H3/b8-6-,11-10+. The van der Waals surface area contributed by atoms with Gasteiger partial charge in [-0.25, -0.2) is 0 Å². The van der Waals surface area contributed by atoms with Gasteiger partial charge in [-0.05, 0) is 12.5 Å². The highest BCUT2D eigenvalue weighted by atomic mass is 16.2. The first-order valence-electron chi connectivity index (χ1n) is 4.80. The second kappa shape index (κ2) is 9.26. The van der Waals surface area contributed by atoms with E-state index in [1.165, 1.54) is 12.8 Å². The molecule has 0 unspecified atom stereocenters. The highest BCUT2D eigenvalue weighted by molar-refractivity contribution is 5.56. The van der Waals surface area contributed by atoms with Gasteiger partial charge in [-0.2, -0.15) is 0 Å². The van der Waals surface area contributed by atoms with Crippen molar-refractivity contribution < 1.29 is 5.11 Å². The predicted octanol–water partition coefficient (Wildman–Crippen LogP) is 1.64. The van der Waals surface area contributed by atoms with Gasteiger partial charge in [0.1, 0.15) is 0 Å². The Bertz CT molecular complexity index is 155. The van der Waals surface area contributed by atoms with E-state index in [-0.39, 0.29) is 6.61 Å². The molecule has 3 heteroatoms. The first-order valence-corrected chi connectivity index (χ1v) is 4.80. The number of hydrogen-bond donors (Lipinski definition) is 1. The van der Waals surface area contributed by atoms with Crippen molar-refractivity contribution in [3.8, 4) is 0 Å². The quantitative estimate of drug-likeness (QED) is 0.371. The minimum absolute atomic E-state index is 0.0852. The Hall–Kier alpha value is -0.830. The van der Waals surface area contributed by atoms with Gasteiger partial charge < -0.3 is 10.0 Å². The average molecular weight is 184 g/mol. The number of aliphatic hydroxyl groups excluding tert-OH is 1. The molecule has 0 aliphatic carbocycles. The Labute approximate surface area is 80.8 Å². The first-order chi connectivity index (χ1) is 6.35. The lowest BCUT2D eigenvalue weighted by Crippen LogP contribution is -2.16. The van der Waals surface area contributed by atoms with Gasteiger partial charge in [-0.3, -0.25) is 4.99 Å². The molecule has 0 aliphatic rings. The minimum atomic E-state index is 0.0852. The molecule has 0 radical (unpaired) electrons. The molecule has 0 amide bonds. The SMILES string of the molecule is CCCCCN(/C=C\CO)/C=N/C. The maximum Gasteiger partial charge on any atom is 0.0886 e. The second-order valence-electron chi connectivity index (χ2n) is 2.89. The van der Waals surface area contributed by atoms with Crippen LogP contribution in [0.2, 0.25) is 0 Å². The van der Waals surface area contributed by atoms with Crippen molar-refractivity contribution >= 4 is 6.34 Å². The Morgan fingerprint density at radius 2 is 2.15 bits per heavy atom. The summed E-state index contributed by atoms with van der Waals surface area (Å²) in [6.45, 7) is 3.24. The molecule has 13 heavy (non-hydrogen) atoms. The van der Waals surface area contributed by atoms with Gasteiger partial charge in [0.15, 0.2) is 0 Å². The van der Waals surface area contributed by atoms with Crippen molar-refractivity contribution in [2.24, 2.45) is 4.99 Å². The normalized spacial score (nSPS) is 11.6. The summed E-state index contributed by atoms with van der Waals surface area (Å²) in [7, 11) is 1.75. The Kier molecular flexibility index (Phi) is 8.67. The van der Waals surface area contributed by atoms with Crippen LogP contribution in [0.25, 0.3) is 0 Å². The number of nitrogens with zero attached hydrogens (tertiary/aromatic N) is 2. The number of unbranched alkanes of at least 4 members (excludes halogenated alkanes) is 2. The number of aliphatic imine (C=N–C) groups is 1. The van der Waals surface area contributed by atoms with Crippen molar-refractivity contribution in [1.29, 1.82) is 0 Å². The highest BCUT2D eigenvalue weighted by Gasteiger charge is 1.93. The third-order valence-electron chi connectivity index (χ3n) is 1.69. The maximum absolute atomic E-state index is 8.60. The van der Waals surface area contributed by atoms with Crippen LogP contribution in [0.3, 0.4) is 0 Å². The summed E-state index contributed by atoms with van der Waals surface area (Å²) in [6.07, 6.45) is 8.98. The molecule has 0 aromatic rings. The summed E-state index contributed by atoms with van der Waals surface area (Å²) in [5.74, 6) is 0. The molecule has 0 aromatic heterocycles. The molecule has 0 heterocycles. The summed E-state index contributed by atoms with van der Waals surface area (Å²) in [6, 6.07) is 0. The lowest BCUT2D eigenvalue weighted by Gasteiger charge is -2.13. The van der Waals surface area contributed by atoms with Crippen LogP contribution < -0.4 is 0 Å². The Morgan fingerprint density at radius 3 is 2.69 bits per heavy atom. The fraction of sp³-hybridized carbons (Fsp3) is 0.700. The fourth-order valence-corrected chi connectivity index (χ4v) is 1.05. The van der Waals surface area contributed by atoms with Gasteiger partial charge in [-0.1, -0.05) is 19.8 Å². The Morgan fingerprint density at radius 1 is 1.38 bits per heavy atom. The molecule has 0 rings (SSSR count). The van der Waals surface area contributed by atoms with E-state index in [2.05, 4.69) is 11.9 Å². The molecule has 0 fully saturated rings. The first kappa shape index (κ1) is 12.2. The molecule has 1 N–H and O–H groups in total. The number of aliphatic hydroxyl groups is 1. The van der Waals surface area contributed by atoms with E-state index in [9.17, 15) is 0 Å². The maximum atomic E-state index is 8.60. The van der Waals surface area contributed by atoms with E-state index in [0.717, 1.165) is 13.0 Å². The van der Waals surface area contributed by atoms with Crippen molar-refractivity contribution in [3.63, 3.8) is 0 Å². The monoisotopic (exact) mass is 184 g/mol. The van der Waals surface area contributed by atoms with Gasteiger partial charge in [0.2, 0.25) is 0 Å². The van der Waals surface area contributed by atoms with Crippen LogP contribution in [0.1, 0.15) is 26.2 Å². The van der Waals surface area contributed by atoms with E-state index >= 15 is 0 Å². The van der Waals surface area contributed by atoms with Crippen molar-refractivity contribution in [3.05, 3.63) is 12.3 Å². The minimum Gasteiger partial charge on any atom is -0.392 e. The van der Waals surface area contributed by atoms with Crippen molar-refractivity contribution in [2.75, 3.05) is 20.2 Å². The van der Waals surface area contributed by atoms with Gasteiger partial charge >= 0.3 is 0 Å². The molecule has 0 bridgehead atoms. The smallest absolute Gasteiger partial charge is 0.0886 e. The summed E-state index contributed by atoms with van der Waals surface area (Å²) >= 11 is 0. The molecule has 0 aromatic carbocycles. The molecular formula is C10H20N2O. The number of hydrogen-bond acceptors (Lipinski definition) is 2. The molecule has 0 atom stereocenters.